The smallest absolute Gasteiger partial charge is 0.211 e. The zero-order valence-corrected chi connectivity index (χ0v) is 14.9. The molecule has 1 aromatic rings. The zero-order valence-electron chi connectivity index (χ0n) is 14.1. The number of hydrogen-bond donors (Lipinski definition) is 0. The maximum Gasteiger partial charge on any atom is 0.211 e. The van der Waals surface area contributed by atoms with Crippen molar-refractivity contribution in [1.82, 2.24) is 9.21 Å². The number of piperidine rings is 1. The lowest BCUT2D eigenvalue weighted by molar-refractivity contribution is 0.127. The molecule has 0 N–H and O–H groups in total. The Morgan fingerprint density at radius 2 is 1.95 bits per heavy atom. The molecule has 1 aliphatic heterocycles. The van der Waals surface area contributed by atoms with Gasteiger partial charge in [0.25, 0.3) is 0 Å². The largest absolute Gasteiger partial charge is 0.296 e. The third kappa shape index (κ3) is 4.09. The molecule has 1 atom stereocenters. The normalized spacial score (nSPS) is 19.5. The second kappa shape index (κ2) is 7.11. The van der Waals surface area contributed by atoms with Crippen molar-refractivity contribution in [3.05, 3.63) is 35.4 Å². The van der Waals surface area contributed by atoms with Gasteiger partial charge in [0.2, 0.25) is 10.0 Å². The molecule has 4 nitrogen and oxygen atoms in total. The van der Waals surface area contributed by atoms with Gasteiger partial charge in [0.1, 0.15) is 0 Å². The van der Waals surface area contributed by atoms with Crippen molar-refractivity contribution in [2.45, 2.75) is 45.7 Å². The molecular weight excluding hydrogens is 296 g/mol. The van der Waals surface area contributed by atoms with Crippen LogP contribution in [0, 0.1) is 6.92 Å². The third-order valence-electron chi connectivity index (χ3n) is 4.72. The number of rotatable bonds is 5. The highest BCUT2D eigenvalue weighted by Gasteiger charge is 2.30. The molecule has 1 heterocycles. The van der Waals surface area contributed by atoms with E-state index in [4.69, 9.17) is 0 Å². The molecule has 0 amide bonds. The molecule has 22 heavy (non-hydrogen) atoms. The minimum absolute atomic E-state index is 0.154. The van der Waals surface area contributed by atoms with Crippen LogP contribution in [0.25, 0.3) is 0 Å². The first-order valence-electron chi connectivity index (χ1n) is 8.10. The first-order valence-corrected chi connectivity index (χ1v) is 9.95. The molecule has 124 valence electrons. The van der Waals surface area contributed by atoms with Crippen LogP contribution in [-0.2, 0) is 10.0 Å². The van der Waals surface area contributed by atoms with E-state index in [9.17, 15) is 8.42 Å². The number of likely N-dealkylation sites (tertiary alicyclic amines) is 1. The number of hydrogen-bond acceptors (Lipinski definition) is 3. The van der Waals surface area contributed by atoms with Crippen LogP contribution in [0.1, 0.15) is 43.9 Å². The summed E-state index contributed by atoms with van der Waals surface area (Å²) < 4.78 is 25.4. The second-order valence-corrected chi connectivity index (χ2v) is 8.26. The lowest BCUT2D eigenvalue weighted by Gasteiger charge is -2.39. The zero-order chi connectivity index (χ0) is 16.3. The van der Waals surface area contributed by atoms with Crippen LogP contribution in [0.15, 0.2) is 24.3 Å². The SMILES string of the molecule is CCN(C1CCN(C(C)c2cccc(C)c2)CC1)S(C)(=O)=O. The summed E-state index contributed by atoms with van der Waals surface area (Å²) in [6.45, 7) is 8.74. The summed E-state index contributed by atoms with van der Waals surface area (Å²) in [6.07, 6.45) is 3.15. The summed E-state index contributed by atoms with van der Waals surface area (Å²) in [6, 6.07) is 9.18. The summed E-state index contributed by atoms with van der Waals surface area (Å²) >= 11 is 0. The Morgan fingerprint density at radius 3 is 2.45 bits per heavy atom. The number of sulfonamides is 1. The summed E-state index contributed by atoms with van der Waals surface area (Å²) in [7, 11) is -3.10. The minimum Gasteiger partial charge on any atom is -0.296 e. The highest BCUT2D eigenvalue weighted by molar-refractivity contribution is 7.88. The first kappa shape index (κ1) is 17.4. The molecule has 1 saturated heterocycles. The van der Waals surface area contributed by atoms with Gasteiger partial charge in [-0.05, 0) is 32.3 Å². The molecular formula is C17H28N2O2S. The highest BCUT2D eigenvalue weighted by Crippen LogP contribution is 2.27. The van der Waals surface area contributed by atoms with Gasteiger partial charge in [-0.2, -0.15) is 4.31 Å². The van der Waals surface area contributed by atoms with Gasteiger partial charge in [0.15, 0.2) is 0 Å². The quantitative estimate of drug-likeness (QED) is 0.836. The van der Waals surface area contributed by atoms with Gasteiger partial charge in [-0.25, -0.2) is 8.42 Å². The van der Waals surface area contributed by atoms with Gasteiger partial charge >= 0.3 is 0 Å². The van der Waals surface area contributed by atoms with Crippen molar-refractivity contribution in [1.29, 1.82) is 0 Å². The van der Waals surface area contributed by atoms with E-state index >= 15 is 0 Å². The van der Waals surface area contributed by atoms with E-state index in [0.29, 0.717) is 12.6 Å². The standard InChI is InChI=1S/C17H28N2O2S/c1-5-19(22(4,20)21)17-9-11-18(12-10-17)15(3)16-8-6-7-14(2)13-16/h6-8,13,15,17H,5,9-12H2,1-4H3. The van der Waals surface area contributed by atoms with Gasteiger partial charge in [0.05, 0.1) is 6.26 Å². The maximum atomic E-state index is 11.8. The van der Waals surface area contributed by atoms with Crippen molar-refractivity contribution in [3.63, 3.8) is 0 Å². The fraction of sp³-hybridized carbons (Fsp3) is 0.647. The van der Waals surface area contributed by atoms with Crippen LogP contribution in [0.5, 0.6) is 0 Å². The van der Waals surface area contributed by atoms with E-state index in [-0.39, 0.29) is 6.04 Å². The minimum atomic E-state index is -3.10. The Labute approximate surface area is 135 Å². The topological polar surface area (TPSA) is 40.6 Å². The van der Waals surface area contributed by atoms with E-state index in [1.807, 2.05) is 6.92 Å². The lowest BCUT2D eigenvalue weighted by Crippen LogP contribution is -2.47. The Hall–Kier alpha value is -0.910. The summed E-state index contributed by atoms with van der Waals surface area (Å²) in [4.78, 5) is 2.46. The first-order chi connectivity index (χ1) is 10.3. The van der Waals surface area contributed by atoms with E-state index in [2.05, 4.69) is 43.0 Å². The molecule has 5 heteroatoms. The molecule has 0 aromatic heterocycles. The fourth-order valence-electron chi connectivity index (χ4n) is 3.47. The van der Waals surface area contributed by atoms with E-state index in [0.717, 1.165) is 25.9 Å². The van der Waals surface area contributed by atoms with E-state index in [1.54, 1.807) is 4.31 Å². The molecule has 0 radical (unpaired) electrons. The van der Waals surface area contributed by atoms with Crippen molar-refractivity contribution in [2.75, 3.05) is 25.9 Å². The van der Waals surface area contributed by atoms with Crippen molar-refractivity contribution < 1.29 is 8.42 Å². The molecule has 1 fully saturated rings. The van der Waals surface area contributed by atoms with Crippen LogP contribution in [0.2, 0.25) is 0 Å². The highest BCUT2D eigenvalue weighted by atomic mass is 32.2. The monoisotopic (exact) mass is 324 g/mol. The maximum absolute atomic E-state index is 11.8. The molecule has 1 aromatic carbocycles. The van der Waals surface area contributed by atoms with Crippen LogP contribution in [0.4, 0.5) is 0 Å². The van der Waals surface area contributed by atoms with Crippen molar-refractivity contribution in [2.24, 2.45) is 0 Å². The molecule has 0 spiro atoms. The van der Waals surface area contributed by atoms with E-state index < -0.39 is 10.0 Å². The fourth-order valence-corrected chi connectivity index (χ4v) is 4.69. The average molecular weight is 324 g/mol. The van der Waals surface area contributed by atoms with Gasteiger partial charge in [0, 0.05) is 31.7 Å². The van der Waals surface area contributed by atoms with Gasteiger partial charge in [-0.1, -0.05) is 36.8 Å². The Bertz CT molecular complexity index is 592. The third-order valence-corrected chi connectivity index (χ3v) is 6.12. The second-order valence-electron chi connectivity index (χ2n) is 6.32. The molecule has 1 aliphatic rings. The van der Waals surface area contributed by atoms with Gasteiger partial charge < -0.3 is 0 Å². The van der Waals surface area contributed by atoms with Gasteiger partial charge in [-0.3, -0.25) is 4.90 Å². The Balaban J connectivity index is 2.00. The molecule has 0 aliphatic carbocycles. The summed E-state index contributed by atoms with van der Waals surface area (Å²) in [5.74, 6) is 0. The number of nitrogens with zero attached hydrogens (tertiary/aromatic N) is 2. The van der Waals surface area contributed by atoms with Gasteiger partial charge in [-0.15, -0.1) is 0 Å². The molecule has 0 saturated carbocycles. The van der Waals surface area contributed by atoms with Crippen molar-refractivity contribution in [3.8, 4) is 0 Å². The Morgan fingerprint density at radius 1 is 1.32 bits per heavy atom. The number of benzene rings is 1. The molecule has 0 bridgehead atoms. The average Bonchev–Trinajstić information content (AvgIpc) is 2.46. The van der Waals surface area contributed by atoms with E-state index in [1.165, 1.54) is 17.4 Å². The summed E-state index contributed by atoms with van der Waals surface area (Å²) in [5, 5.41) is 0. The predicted molar refractivity (Wildman–Crippen MR) is 91.4 cm³/mol. The summed E-state index contributed by atoms with van der Waals surface area (Å²) in [5.41, 5.74) is 2.63. The Kier molecular flexibility index (Phi) is 5.64. The molecule has 2 rings (SSSR count). The van der Waals surface area contributed by atoms with Crippen LogP contribution < -0.4 is 0 Å². The van der Waals surface area contributed by atoms with Crippen LogP contribution >= 0.6 is 0 Å². The number of aryl methyl sites for hydroxylation is 1. The predicted octanol–water partition coefficient (Wildman–Crippen LogP) is 2.80. The van der Waals surface area contributed by atoms with Crippen LogP contribution in [0.3, 0.4) is 0 Å². The van der Waals surface area contributed by atoms with Crippen LogP contribution in [-0.4, -0.2) is 49.6 Å². The lowest BCUT2D eigenvalue weighted by atomic mass is 9.99. The molecule has 1 unspecified atom stereocenters. The van der Waals surface area contributed by atoms with Crippen molar-refractivity contribution >= 4 is 10.0 Å².